The van der Waals surface area contributed by atoms with Crippen LogP contribution < -0.4 is 14.6 Å². The highest BCUT2D eigenvalue weighted by atomic mass is 16.5. The van der Waals surface area contributed by atoms with Crippen molar-refractivity contribution in [1.29, 1.82) is 11.1 Å². The quantitative estimate of drug-likeness (QED) is 0.146. The third kappa shape index (κ3) is 6.63. The first kappa shape index (κ1) is 30.4. The van der Waals surface area contributed by atoms with Crippen LogP contribution in [0.3, 0.4) is 0 Å². The molecule has 12 nitrogen and oxygen atoms in total. The number of ether oxygens (including phenoxy) is 2. The van der Waals surface area contributed by atoms with Crippen LogP contribution in [0.4, 0.5) is 11.4 Å². The van der Waals surface area contributed by atoms with E-state index in [4.69, 9.17) is 30.6 Å². The summed E-state index contributed by atoms with van der Waals surface area (Å²) >= 11 is 0. The molecule has 0 bridgehead atoms. The highest BCUT2D eigenvalue weighted by Crippen LogP contribution is 2.47. The van der Waals surface area contributed by atoms with Crippen LogP contribution in [0.1, 0.15) is 54.9 Å². The Morgan fingerprint density at radius 1 is 0.955 bits per heavy atom. The van der Waals surface area contributed by atoms with E-state index in [1.165, 1.54) is 0 Å². The van der Waals surface area contributed by atoms with Gasteiger partial charge in [0, 0.05) is 43.7 Å². The van der Waals surface area contributed by atoms with E-state index in [2.05, 4.69) is 20.1 Å². The summed E-state index contributed by atoms with van der Waals surface area (Å²) < 4.78 is 12.4. The van der Waals surface area contributed by atoms with E-state index in [1.807, 2.05) is 47.4 Å². The monoisotopic (exact) mass is 596 g/mol. The van der Waals surface area contributed by atoms with Crippen LogP contribution in [0.2, 0.25) is 0 Å². The molecule has 2 aliphatic heterocycles. The highest BCUT2D eigenvalue weighted by Gasteiger charge is 2.56. The molecule has 0 aromatic heterocycles. The minimum absolute atomic E-state index is 0.0464. The zero-order valence-electron chi connectivity index (χ0n) is 24.4. The second-order valence-corrected chi connectivity index (χ2v) is 10.8. The van der Waals surface area contributed by atoms with Gasteiger partial charge >= 0.3 is 0 Å². The van der Waals surface area contributed by atoms with E-state index >= 15 is 0 Å². The van der Waals surface area contributed by atoms with E-state index in [1.54, 1.807) is 30.3 Å². The summed E-state index contributed by atoms with van der Waals surface area (Å²) in [5, 5.41) is 17.1. The summed E-state index contributed by atoms with van der Waals surface area (Å²) in [5.41, 5.74) is 16.1. The summed E-state index contributed by atoms with van der Waals surface area (Å²) in [4.78, 5) is 28.5. The molecule has 3 aromatic carbocycles. The summed E-state index contributed by atoms with van der Waals surface area (Å²) in [5.74, 6) is 0.760. The Morgan fingerprint density at radius 2 is 1.61 bits per heavy atom. The van der Waals surface area contributed by atoms with Crippen molar-refractivity contribution >= 4 is 23.2 Å². The van der Waals surface area contributed by atoms with Crippen molar-refractivity contribution in [3.8, 4) is 5.75 Å². The molecule has 0 radical (unpaired) electrons. The minimum Gasteiger partial charge on any atom is -0.494 e. The Morgan fingerprint density at radius 3 is 2.32 bits per heavy atom. The summed E-state index contributed by atoms with van der Waals surface area (Å²) in [6.45, 7) is 1.66. The molecule has 226 valence electrons. The first-order valence-corrected chi connectivity index (χ1v) is 14.8. The number of hydrogen-bond donors (Lipinski definition) is 3. The van der Waals surface area contributed by atoms with E-state index in [0.717, 1.165) is 25.7 Å². The summed E-state index contributed by atoms with van der Waals surface area (Å²) in [7, 11) is 0. The molecule has 2 atom stereocenters. The Hall–Kier alpha value is -5.02. The lowest BCUT2D eigenvalue weighted by molar-refractivity contribution is -0.139. The Kier molecular flexibility index (Phi) is 9.99. The summed E-state index contributed by atoms with van der Waals surface area (Å²) in [6, 6.07) is 21.7. The minimum atomic E-state index is -1.46. The number of benzene rings is 3. The standard InChI is InChI=1S/C32H36N8O4/c33-38-36-27-12-5-3-10-24(27)22-32(31(42)40-18-7-1-2-8-19-40)29(26-11-4-6-13-28(26)37-39-34)44-30(35-32)23-14-16-25(17-15-23)43-21-9-20-41/h3-6,10-17,29,33-34,41H,1-2,7-9,18-22H2/q+2. The molecule has 12 heteroatoms. The van der Waals surface area contributed by atoms with Gasteiger partial charge in [-0.2, -0.15) is 0 Å². The van der Waals surface area contributed by atoms with Gasteiger partial charge in [0.1, 0.15) is 16.8 Å². The average Bonchev–Trinajstić information content (AvgIpc) is 3.22. The van der Waals surface area contributed by atoms with Crippen LogP contribution in [-0.2, 0) is 16.0 Å². The molecule has 1 saturated heterocycles. The van der Waals surface area contributed by atoms with Gasteiger partial charge in [0.15, 0.2) is 33.2 Å². The lowest BCUT2D eigenvalue weighted by Crippen LogP contribution is -2.52. The maximum atomic E-state index is 14.9. The number of aliphatic imine (C=N–C) groups is 1. The van der Waals surface area contributed by atoms with Gasteiger partial charge in [-0.25, -0.2) is 4.99 Å². The SMILES string of the molecule is N=[N+]=Nc1ccccc1CC1(C(=O)N2CCCCCC2)N=C(c2ccc(OCCCO)cc2)OC1c1ccccc1N=[N+]=N. The molecule has 0 spiro atoms. The molecular weight excluding hydrogens is 560 g/mol. The fraction of sp³-hybridized carbons (Fsp3) is 0.375. The van der Waals surface area contributed by atoms with Crippen molar-refractivity contribution < 1.29 is 19.4 Å². The lowest BCUT2D eigenvalue weighted by Gasteiger charge is -2.35. The van der Waals surface area contributed by atoms with E-state index < -0.39 is 11.6 Å². The zero-order valence-corrected chi connectivity index (χ0v) is 24.4. The number of rotatable bonds is 11. The molecule has 0 saturated carbocycles. The smallest absolute Gasteiger partial charge is 0.255 e. The molecule has 3 N–H and O–H groups in total. The maximum Gasteiger partial charge on any atom is 0.255 e. The van der Waals surface area contributed by atoms with E-state index in [0.29, 0.717) is 59.9 Å². The van der Waals surface area contributed by atoms with Gasteiger partial charge in [0.05, 0.1) is 6.61 Å². The Labute approximate surface area is 255 Å². The van der Waals surface area contributed by atoms with Crippen molar-refractivity contribution in [3.63, 3.8) is 0 Å². The van der Waals surface area contributed by atoms with Gasteiger partial charge in [-0.15, -0.1) is 0 Å². The van der Waals surface area contributed by atoms with Gasteiger partial charge in [-0.1, -0.05) is 49.2 Å². The summed E-state index contributed by atoms with van der Waals surface area (Å²) in [6.07, 6.45) is 3.65. The second kappa shape index (κ2) is 14.4. The fourth-order valence-corrected chi connectivity index (χ4v) is 5.75. The van der Waals surface area contributed by atoms with Crippen LogP contribution in [0, 0.1) is 11.1 Å². The topological polar surface area (TPSA) is 172 Å². The van der Waals surface area contributed by atoms with Crippen LogP contribution in [0.15, 0.2) is 88.0 Å². The molecule has 2 unspecified atom stereocenters. The number of nitrogens with zero attached hydrogens (tertiary/aromatic N) is 6. The van der Waals surface area contributed by atoms with Crippen molar-refractivity contribution in [2.45, 2.75) is 50.2 Å². The highest BCUT2D eigenvalue weighted by molar-refractivity contribution is 6.01. The molecular formula is C32H36N8O4+2. The number of hydrogen-bond acceptors (Lipinski definition) is 9. The Bertz CT molecular complexity index is 1590. The van der Waals surface area contributed by atoms with Gasteiger partial charge in [0.2, 0.25) is 15.7 Å². The average molecular weight is 597 g/mol. The number of aliphatic hydroxyl groups excluding tert-OH is 1. The molecule has 1 amide bonds. The molecule has 44 heavy (non-hydrogen) atoms. The van der Waals surface area contributed by atoms with Crippen molar-refractivity contribution in [2.24, 2.45) is 15.2 Å². The van der Waals surface area contributed by atoms with E-state index in [9.17, 15) is 4.79 Å². The number of nitrogens with one attached hydrogen (secondary N) is 2. The number of aliphatic hydroxyl groups is 1. The van der Waals surface area contributed by atoms with Crippen molar-refractivity contribution in [2.75, 3.05) is 26.3 Å². The van der Waals surface area contributed by atoms with Gasteiger partial charge in [0.25, 0.3) is 5.91 Å². The van der Waals surface area contributed by atoms with Crippen molar-refractivity contribution in [1.82, 2.24) is 14.7 Å². The zero-order chi connectivity index (χ0) is 30.8. The van der Waals surface area contributed by atoms with Gasteiger partial charge in [-0.05, 0) is 54.8 Å². The molecule has 0 aliphatic carbocycles. The largest absolute Gasteiger partial charge is 0.494 e. The number of carbonyl (C=O) groups is 1. The molecule has 2 heterocycles. The predicted molar refractivity (Wildman–Crippen MR) is 162 cm³/mol. The number of amides is 1. The van der Waals surface area contributed by atoms with Crippen LogP contribution in [0.25, 0.3) is 0 Å². The van der Waals surface area contributed by atoms with Gasteiger partial charge < -0.3 is 19.5 Å². The van der Waals surface area contributed by atoms with Crippen molar-refractivity contribution in [3.05, 3.63) is 89.5 Å². The normalized spacial score (nSPS) is 19.5. The first-order chi connectivity index (χ1) is 21.6. The molecule has 2 aliphatic rings. The number of carbonyl (C=O) groups excluding carboxylic acids is 1. The molecule has 1 fully saturated rings. The van der Waals surface area contributed by atoms with Crippen LogP contribution in [0.5, 0.6) is 5.75 Å². The second-order valence-electron chi connectivity index (χ2n) is 10.8. The van der Waals surface area contributed by atoms with Gasteiger partial charge in [-0.3, -0.25) is 4.79 Å². The molecule has 5 rings (SSSR count). The maximum absolute atomic E-state index is 14.9. The first-order valence-electron chi connectivity index (χ1n) is 14.8. The predicted octanol–water partition coefficient (Wildman–Crippen LogP) is 5.71. The van der Waals surface area contributed by atoms with E-state index in [-0.39, 0.29) is 24.8 Å². The Balaban J connectivity index is 1.67. The van der Waals surface area contributed by atoms with Crippen LogP contribution in [-0.4, -0.2) is 53.7 Å². The van der Waals surface area contributed by atoms with Crippen LogP contribution >= 0.6 is 0 Å². The third-order valence-corrected chi connectivity index (χ3v) is 7.89. The third-order valence-electron chi connectivity index (χ3n) is 7.89. The fourth-order valence-electron chi connectivity index (χ4n) is 5.75. The number of likely N-dealkylation sites (tertiary alicyclic amines) is 1. The molecule has 3 aromatic rings. The lowest BCUT2D eigenvalue weighted by atomic mass is 9.80.